The quantitative estimate of drug-likeness (QED) is 0.0344. The minimum absolute atomic E-state index is 0.0630. The van der Waals surface area contributed by atoms with Crippen LogP contribution in [0.1, 0.15) is 330 Å². The molecule has 0 heterocycles. The lowest BCUT2D eigenvalue weighted by Gasteiger charge is -2.18. The zero-order valence-corrected chi connectivity index (χ0v) is 44.6. The van der Waals surface area contributed by atoms with Gasteiger partial charge < -0.3 is 14.2 Å². The predicted octanol–water partition coefficient (Wildman–Crippen LogP) is 19.3. The Morgan fingerprint density at radius 1 is 0.323 bits per heavy atom. The van der Waals surface area contributed by atoms with Crippen LogP contribution in [0.5, 0.6) is 0 Å². The lowest BCUT2D eigenvalue weighted by molar-refractivity contribution is -0.167. The second kappa shape index (κ2) is 51.8. The second-order valence-electron chi connectivity index (χ2n) is 21.0. The van der Waals surface area contributed by atoms with E-state index >= 15 is 0 Å². The third kappa shape index (κ3) is 51.6. The maximum atomic E-state index is 12.8. The van der Waals surface area contributed by atoms with Crippen molar-refractivity contribution in [3.63, 3.8) is 0 Å². The molecular weight excluding hydrogens is 805 g/mol. The highest BCUT2D eigenvalue weighted by Gasteiger charge is 2.19. The molecule has 0 aromatic carbocycles. The Labute approximate surface area is 406 Å². The number of ether oxygens (including phenoxy) is 3. The van der Waals surface area contributed by atoms with Gasteiger partial charge in [-0.05, 0) is 31.1 Å². The second-order valence-corrected chi connectivity index (χ2v) is 21.0. The average molecular weight is 920 g/mol. The van der Waals surface area contributed by atoms with E-state index in [0.29, 0.717) is 19.3 Å². The van der Waals surface area contributed by atoms with E-state index in [1.165, 1.54) is 218 Å². The molecule has 6 heteroatoms. The smallest absolute Gasteiger partial charge is 0.306 e. The molecule has 0 rings (SSSR count). The molecule has 0 aromatic rings. The van der Waals surface area contributed by atoms with Gasteiger partial charge in [0.05, 0.1) is 0 Å². The molecule has 1 unspecified atom stereocenters. The SMILES string of the molecule is CCCCCCCCCCCCCCCCCCCC(=O)OC[C@@H](COC(=O)CCCCCCCCCCCCCCCCC(C)CC)OC(=O)CCCCCCCCCCCC(C)C. The summed E-state index contributed by atoms with van der Waals surface area (Å²) in [6.07, 6.45) is 55.2. The molecule has 6 nitrogen and oxygen atoms in total. The minimum atomic E-state index is -0.763. The van der Waals surface area contributed by atoms with Gasteiger partial charge in [-0.2, -0.15) is 0 Å². The molecular formula is C59H114O6. The summed E-state index contributed by atoms with van der Waals surface area (Å²) in [7, 11) is 0. The van der Waals surface area contributed by atoms with Gasteiger partial charge in [-0.25, -0.2) is 0 Å². The van der Waals surface area contributed by atoms with Crippen LogP contribution in [-0.2, 0) is 28.6 Å². The van der Waals surface area contributed by atoms with Crippen molar-refractivity contribution >= 4 is 17.9 Å². The maximum absolute atomic E-state index is 12.8. The normalized spacial score (nSPS) is 12.5. The lowest BCUT2D eigenvalue weighted by Crippen LogP contribution is -2.30. The van der Waals surface area contributed by atoms with Gasteiger partial charge in [0.2, 0.25) is 0 Å². The molecule has 0 spiro atoms. The third-order valence-electron chi connectivity index (χ3n) is 13.8. The van der Waals surface area contributed by atoms with E-state index in [1.54, 1.807) is 0 Å². The Morgan fingerprint density at radius 2 is 0.585 bits per heavy atom. The Morgan fingerprint density at radius 3 is 0.877 bits per heavy atom. The summed E-state index contributed by atoms with van der Waals surface area (Å²) < 4.78 is 16.9. The first-order valence-corrected chi connectivity index (χ1v) is 29.3. The molecule has 0 amide bonds. The van der Waals surface area contributed by atoms with Crippen molar-refractivity contribution < 1.29 is 28.6 Å². The topological polar surface area (TPSA) is 78.9 Å². The van der Waals surface area contributed by atoms with Crippen LogP contribution in [0.4, 0.5) is 0 Å². The lowest BCUT2D eigenvalue weighted by atomic mass is 9.99. The number of unbranched alkanes of at least 4 members (excludes halogenated alkanes) is 37. The van der Waals surface area contributed by atoms with E-state index in [9.17, 15) is 14.4 Å². The van der Waals surface area contributed by atoms with Gasteiger partial charge in [-0.3, -0.25) is 14.4 Å². The van der Waals surface area contributed by atoms with Gasteiger partial charge in [-0.15, -0.1) is 0 Å². The highest BCUT2D eigenvalue weighted by atomic mass is 16.6. The fourth-order valence-electron chi connectivity index (χ4n) is 9.02. The van der Waals surface area contributed by atoms with Crippen molar-refractivity contribution in [1.82, 2.24) is 0 Å². The summed E-state index contributed by atoms with van der Waals surface area (Å²) in [5.74, 6) is 0.861. The zero-order valence-electron chi connectivity index (χ0n) is 44.6. The largest absolute Gasteiger partial charge is 0.462 e. The Hall–Kier alpha value is -1.59. The Kier molecular flexibility index (Phi) is 50.5. The van der Waals surface area contributed by atoms with Crippen LogP contribution >= 0.6 is 0 Å². The van der Waals surface area contributed by atoms with E-state index in [4.69, 9.17) is 14.2 Å². The van der Waals surface area contributed by atoms with Crippen molar-refractivity contribution in [2.24, 2.45) is 11.8 Å². The zero-order chi connectivity index (χ0) is 47.5. The predicted molar refractivity (Wildman–Crippen MR) is 280 cm³/mol. The van der Waals surface area contributed by atoms with Crippen LogP contribution in [-0.4, -0.2) is 37.2 Å². The molecule has 2 atom stereocenters. The number of carbonyl (C=O) groups excluding carboxylic acids is 3. The third-order valence-corrected chi connectivity index (χ3v) is 13.8. The number of hydrogen-bond donors (Lipinski definition) is 0. The van der Waals surface area contributed by atoms with Crippen LogP contribution in [0, 0.1) is 11.8 Å². The molecule has 0 saturated carbocycles. The van der Waals surface area contributed by atoms with Gasteiger partial charge in [0, 0.05) is 19.3 Å². The summed E-state index contributed by atoms with van der Waals surface area (Å²) in [6.45, 7) is 11.4. The first kappa shape index (κ1) is 63.4. The molecule has 0 radical (unpaired) electrons. The van der Waals surface area contributed by atoms with Gasteiger partial charge in [0.25, 0.3) is 0 Å². The average Bonchev–Trinajstić information content (AvgIpc) is 3.29. The maximum Gasteiger partial charge on any atom is 0.306 e. The fraction of sp³-hybridized carbons (Fsp3) is 0.949. The van der Waals surface area contributed by atoms with E-state index in [0.717, 1.165) is 69.6 Å². The molecule has 0 aromatic heterocycles. The van der Waals surface area contributed by atoms with E-state index in [-0.39, 0.29) is 31.1 Å². The molecule has 0 saturated heterocycles. The van der Waals surface area contributed by atoms with Crippen LogP contribution in [0.2, 0.25) is 0 Å². The highest BCUT2D eigenvalue weighted by Crippen LogP contribution is 2.19. The molecule has 386 valence electrons. The van der Waals surface area contributed by atoms with Gasteiger partial charge in [0.1, 0.15) is 13.2 Å². The summed E-state index contributed by atoms with van der Waals surface area (Å²) in [6, 6.07) is 0. The molecule has 0 aliphatic rings. The molecule has 0 fully saturated rings. The summed E-state index contributed by atoms with van der Waals surface area (Å²) >= 11 is 0. The number of esters is 3. The van der Waals surface area contributed by atoms with Crippen molar-refractivity contribution in [3.8, 4) is 0 Å². The van der Waals surface area contributed by atoms with Crippen LogP contribution in [0.3, 0.4) is 0 Å². The van der Waals surface area contributed by atoms with E-state index < -0.39 is 6.10 Å². The standard InChI is InChI=1S/C59H114O6/c1-6-8-9-10-11-12-13-14-15-16-17-21-24-29-34-39-44-49-57(60)63-52-56(65-59(62)51-46-41-36-31-26-27-32-37-42-47-54(3)4)53-64-58(61)50-45-40-35-30-25-22-19-18-20-23-28-33-38-43-48-55(5)7-2/h54-56H,6-53H2,1-5H3/t55?,56-/m0/s1. The molecule has 0 bridgehead atoms. The molecule has 0 aliphatic carbocycles. The first-order chi connectivity index (χ1) is 31.8. The number of rotatable bonds is 53. The summed E-state index contributed by atoms with van der Waals surface area (Å²) in [4.78, 5) is 38.1. The fourth-order valence-corrected chi connectivity index (χ4v) is 9.02. The van der Waals surface area contributed by atoms with Crippen molar-refractivity contribution in [2.75, 3.05) is 13.2 Å². The minimum Gasteiger partial charge on any atom is -0.462 e. The van der Waals surface area contributed by atoms with E-state index in [1.807, 2.05) is 0 Å². The van der Waals surface area contributed by atoms with Crippen LogP contribution in [0.25, 0.3) is 0 Å². The molecule has 0 aliphatic heterocycles. The van der Waals surface area contributed by atoms with Crippen molar-refractivity contribution in [3.05, 3.63) is 0 Å². The number of carbonyl (C=O) groups is 3. The monoisotopic (exact) mass is 919 g/mol. The highest BCUT2D eigenvalue weighted by molar-refractivity contribution is 5.71. The van der Waals surface area contributed by atoms with Crippen molar-refractivity contribution in [2.45, 2.75) is 336 Å². The van der Waals surface area contributed by atoms with Crippen LogP contribution in [0.15, 0.2) is 0 Å². The van der Waals surface area contributed by atoms with Gasteiger partial charge in [-0.1, -0.05) is 291 Å². The van der Waals surface area contributed by atoms with Crippen LogP contribution < -0.4 is 0 Å². The first-order valence-electron chi connectivity index (χ1n) is 29.3. The summed E-state index contributed by atoms with van der Waals surface area (Å²) in [5.41, 5.74) is 0. The molecule has 65 heavy (non-hydrogen) atoms. The Bertz CT molecular complexity index is 995. The van der Waals surface area contributed by atoms with E-state index in [2.05, 4.69) is 34.6 Å². The number of hydrogen-bond acceptors (Lipinski definition) is 6. The van der Waals surface area contributed by atoms with Gasteiger partial charge >= 0.3 is 17.9 Å². The Balaban J connectivity index is 4.26. The summed E-state index contributed by atoms with van der Waals surface area (Å²) in [5, 5.41) is 0. The van der Waals surface area contributed by atoms with Gasteiger partial charge in [0.15, 0.2) is 6.10 Å². The molecule has 0 N–H and O–H groups in total. The van der Waals surface area contributed by atoms with Crippen molar-refractivity contribution in [1.29, 1.82) is 0 Å².